The molecular weight excluding hydrogens is 357 g/mol. The number of nitrogens with zero attached hydrogens (tertiary/aromatic N) is 1. The van der Waals surface area contributed by atoms with Crippen LogP contribution in [0.3, 0.4) is 0 Å². The number of carbonyl (C=O) groups is 1. The summed E-state index contributed by atoms with van der Waals surface area (Å²) in [5.41, 5.74) is 0.536. The Hall–Kier alpha value is -2.71. The second-order valence-electron chi connectivity index (χ2n) is 5.56. The van der Waals surface area contributed by atoms with E-state index >= 15 is 0 Å². The van der Waals surface area contributed by atoms with Gasteiger partial charge in [-0.1, -0.05) is 24.3 Å². The molecule has 2 N–H and O–H groups in total. The smallest absolute Gasteiger partial charge is 0.327 e. The van der Waals surface area contributed by atoms with E-state index in [0.717, 1.165) is 13.0 Å². The van der Waals surface area contributed by atoms with E-state index in [9.17, 15) is 26.7 Å². The maximum atomic E-state index is 14.1. The second-order valence-corrected chi connectivity index (χ2v) is 5.56. The van der Waals surface area contributed by atoms with Gasteiger partial charge in [-0.25, -0.2) is 13.6 Å². The minimum atomic E-state index is -4.62. The molecule has 26 heavy (non-hydrogen) atoms. The van der Waals surface area contributed by atoms with E-state index < -0.39 is 36.8 Å². The van der Waals surface area contributed by atoms with Crippen molar-refractivity contribution in [2.75, 3.05) is 0 Å². The van der Waals surface area contributed by atoms with Crippen LogP contribution in [0.25, 0.3) is 0 Å². The van der Waals surface area contributed by atoms with Crippen molar-refractivity contribution in [1.29, 1.82) is 0 Å². The maximum absolute atomic E-state index is 14.1. The fourth-order valence-corrected chi connectivity index (χ4v) is 2.17. The fourth-order valence-electron chi connectivity index (χ4n) is 2.17. The van der Waals surface area contributed by atoms with E-state index in [2.05, 4.69) is 10.3 Å². The molecule has 0 bridgehead atoms. The third kappa shape index (κ3) is 4.90. The van der Waals surface area contributed by atoms with E-state index in [4.69, 9.17) is 0 Å². The lowest BCUT2D eigenvalue weighted by molar-refractivity contribution is -0.148. The van der Waals surface area contributed by atoms with Gasteiger partial charge >= 0.3 is 12.2 Å². The van der Waals surface area contributed by atoms with Gasteiger partial charge in [0.05, 0.1) is 0 Å². The van der Waals surface area contributed by atoms with E-state index in [-0.39, 0.29) is 5.69 Å². The number of pyridine rings is 1. The summed E-state index contributed by atoms with van der Waals surface area (Å²) in [5, 5.41) is 4.03. The highest BCUT2D eigenvalue weighted by molar-refractivity contribution is 5.75. The molecule has 140 valence electrons. The second kappa shape index (κ2) is 8.11. The normalized spacial score (nSPS) is 13.8. The van der Waals surface area contributed by atoms with Gasteiger partial charge in [0.2, 0.25) is 0 Å². The number of halogens is 5. The van der Waals surface area contributed by atoms with E-state index in [1.807, 2.05) is 0 Å². The zero-order chi connectivity index (χ0) is 19.3. The Labute approximate surface area is 146 Å². The highest BCUT2D eigenvalue weighted by Crippen LogP contribution is 2.24. The number of hydrogen-bond acceptors (Lipinski definition) is 2. The lowest BCUT2D eigenvalue weighted by Crippen LogP contribution is -2.48. The average molecular weight is 373 g/mol. The van der Waals surface area contributed by atoms with Crippen molar-refractivity contribution in [2.24, 2.45) is 0 Å². The summed E-state index contributed by atoms with van der Waals surface area (Å²) in [6.45, 7) is 0.0753. The Morgan fingerprint density at radius 1 is 1.15 bits per heavy atom. The van der Waals surface area contributed by atoms with E-state index in [1.165, 1.54) is 36.5 Å². The summed E-state index contributed by atoms with van der Waals surface area (Å²) in [6, 6.07) is 3.83. The standard InChI is InChI=1S/C17H16F5N3O/c1-10(17(20,21)22)24-16(26)25-14(15-13(19)3-2-8-23-15)12-6-4-11(9-18)5-7-12/h2-8,10,14H,9H2,1H3,(H2,24,25,26)/t10-,14-/m0/s1. The van der Waals surface area contributed by atoms with Crippen LogP contribution in [0.1, 0.15) is 29.8 Å². The summed E-state index contributed by atoms with van der Waals surface area (Å²) in [4.78, 5) is 15.8. The molecule has 2 rings (SSSR count). The third-order valence-corrected chi connectivity index (χ3v) is 3.64. The van der Waals surface area contributed by atoms with Crippen LogP contribution < -0.4 is 10.6 Å². The summed E-state index contributed by atoms with van der Waals surface area (Å²) >= 11 is 0. The minimum Gasteiger partial charge on any atom is -0.327 e. The molecule has 2 atom stereocenters. The molecule has 1 aromatic carbocycles. The minimum absolute atomic E-state index is 0.171. The Bertz CT molecular complexity index is 749. The fraction of sp³-hybridized carbons (Fsp3) is 0.294. The molecule has 0 aliphatic rings. The van der Waals surface area contributed by atoms with Crippen molar-refractivity contribution in [3.05, 3.63) is 65.2 Å². The molecule has 0 saturated carbocycles. The SMILES string of the molecule is C[C@H](NC(=O)N[C@@H](c1ccc(CF)cc1)c1ncccc1F)C(F)(F)F. The van der Waals surface area contributed by atoms with Gasteiger partial charge in [0.25, 0.3) is 0 Å². The van der Waals surface area contributed by atoms with Crippen LogP contribution in [0.5, 0.6) is 0 Å². The van der Waals surface area contributed by atoms with Gasteiger partial charge in [-0.15, -0.1) is 0 Å². The number of benzene rings is 1. The summed E-state index contributed by atoms with van der Waals surface area (Å²) in [5.74, 6) is -0.740. The molecule has 2 amide bonds. The van der Waals surface area contributed by atoms with Crippen LogP contribution in [0, 0.1) is 5.82 Å². The number of alkyl halides is 4. The maximum Gasteiger partial charge on any atom is 0.408 e. The zero-order valence-electron chi connectivity index (χ0n) is 13.6. The molecule has 0 fully saturated rings. The number of carbonyl (C=O) groups excluding carboxylic acids is 1. The van der Waals surface area contributed by atoms with Crippen LogP contribution in [0.4, 0.5) is 26.7 Å². The summed E-state index contributed by atoms with van der Waals surface area (Å²) in [7, 11) is 0. The topological polar surface area (TPSA) is 54.0 Å². The van der Waals surface area contributed by atoms with Gasteiger partial charge < -0.3 is 10.6 Å². The van der Waals surface area contributed by atoms with E-state index in [0.29, 0.717) is 11.1 Å². The number of amides is 2. The molecule has 1 heterocycles. The molecule has 0 saturated heterocycles. The number of urea groups is 1. The Kier molecular flexibility index (Phi) is 6.12. The highest BCUT2D eigenvalue weighted by Gasteiger charge is 2.37. The summed E-state index contributed by atoms with van der Waals surface area (Å²) in [6.07, 6.45) is -3.33. The molecule has 2 aromatic rings. The van der Waals surface area contributed by atoms with Gasteiger partial charge in [-0.3, -0.25) is 4.98 Å². The quantitative estimate of drug-likeness (QED) is 0.778. The van der Waals surface area contributed by atoms with Crippen molar-refractivity contribution in [1.82, 2.24) is 15.6 Å². The molecule has 0 aliphatic carbocycles. The molecule has 0 radical (unpaired) electrons. The molecule has 0 unspecified atom stereocenters. The van der Waals surface area contributed by atoms with Gasteiger partial charge in [0.1, 0.15) is 30.3 Å². The van der Waals surface area contributed by atoms with Crippen LogP contribution in [0.15, 0.2) is 42.6 Å². The Morgan fingerprint density at radius 2 is 1.81 bits per heavy atom. The summed E-state index contributed by atoms with van der Waals surface area (Å²) < 4.78 is 64.5. The van der Waals surface area contributed by atoms with Gasteiger partial charge in [-0.2, -0.15) is 13.2 Å². The molecule has 1 aromatic heterocycles. The first kappa shape index (κ1) is 19.6. The zero-order valence-corrected chi connectivity index (χ0v) is 13.6. The number of hydrogen-bond donors (Lipinski definition) is 2. The third-order valence-electron chi connectivity index (χ3n) is 3.64. The molecular formula is C17H16F5N3O. The van der Waals surface area contributed by atoms with Crippen molar-refractivity contribution < 1.29 is 26.7 Å². The van der Waals surface area contributed by atoms with Gasteiger partial charge in [0, 0.05) is 6.20 Å². The molecule has 0 aliphatic heterocycles. The molecule has 9 heteroatoms. The first-order valence-corrected chi connectivity index (χ1v) is 7.61. The highest BCUT2D eigenvalue weighted by atomic mass is 19.4. The van der Waals surface area contributed by atoms with Crippen LogP contribution in [0.2, 0.25) is 0 Å². The molecule has 4 nitrogen and oxygen atoms in total. The van der Waals surface area contributed by atoms with Crippen LogP contribution in [-0.2, 0) is 6.67 Å². The monoisotopic (exact) mass is 373 g/mol. The van der Waals surface area contributed by atoms with Crippen molar-refractivity contribution in [3.8, 4) is 0 Å². The number of nitrogens with one attached hydrogen (secondary N) is 2. The Morgan fingerprint density at radius 3 is 2.35 bits per heavy atom. The van der Waals surface area contributed by atoms with Gasteiger partial charge in [-0.05, 0) is 30.2 Å². The van der Waals surface area contributed by atoms with Crippen LogP contribution in [-0.4, -0.2) is 23.2 Å². The van der Waals surface area contributed by atoms with Crippen molar-refractivity contribution in [3.63, 3.8) is 0 Å². The number of rotatable bonds is 5. The van der Waals surface area contributed by atoms with Crippen molar-refractivity contribution in [2.45, 2.75) is 31.9 Å². The van der Waals surface area contributed by atoms with Crippen LogP contribution >= 0.6 is 0 Å². The van der Waals surface area contributed by atoms with Crippen molar-refractivity contribution >= 4 is 6.03 Å². The first-order valence-electron chi connectivity index (χ1n) is 7.61. The largest absolute Gasteiger partial charge is 0.408 e. The lowest BCUT2D eigenvalue weighted by atomic mass is 10.0. The predicted molar refractivity (Wildman–Crippen MR) is 84.5 cm³/mol. The van der Waals surface area contributed by atoms with Gasteiger partial charge in [0.15, 0.2) is 0 Å². The lowest BCUT2D eigenvalue weighted by Gasteiger charge is -2.22. The predicted octanol–water partition coefficient (Wildman–Crippen LogP) is 4.03. The van der Waals surface area contributed by atoms with E-state index in [1.54, 1.807) is 5.32 Å². The average Bonchev–Trinajstić information content (AvgIpc) is 2.60. The number of aromatic nitrogens is 1. The molecule has 0 spiro atoms. The Balaban J connectivity index is 2.29. The first-order chi connectivity index (χ1) is 12.2.